The highest BCUT2D eigenvalue weighted by molar-refractivity contribution is 8.93. The van der Waals surface area contributed by atoms with Crippen molar-refractivity contribution in [2.24, 2.45) is 0 Å². The average molecular weight is 949 g/mol. The Morgan fingerprint density at radius 1 is 0.697 bits per heavy atom. The van der Waals surface area contributed by atoms with Crippen molar-refractivity contribution < 1.29 is 4.74 Å². The van der Waals surface area contributed by atoms with Crippen LogP contribution in [-0.2, 0) is 11.1 Å². The molecule has 18 nitrogen and oxygen atoms in total. The third-order valence-corrected chi connectivity index (χ3v) is 10.7. The Labute approximate surface area is 389 Å². The molecule has 19 heteroatoms. The molecule has 0 bridgehead atoms. The SMILES string of the molecule is Br.CC(C)(C)n1c(-c2ccccc2-n2cncn2)nc2cc(-c3cnc(N)[nH]c3=O)ccc21.COc1nc(N)ncc1-c1ccc2c(c1)nc(-c1ccccc1N1C=[N+]=CN1)n2C(C)(C)C. The number of hydrogen-bond donors (Lipinski definition) is 4. The van der Waals surface area contributed by atoms with Crippen LogP contribution in [0.15, 0.2) is 115 Å². The molecule has 66 heavy (non-hydrogen) atoms. The van der Waals surface area contributed by atoms with E-state index in [2.05, 4.69) is 103 Å². The lowest BCUT2D eigenvalue weighted by Crippen LogP contribution is -2.32. The van der Waals surface area contributed by atoms with Gasteiger partial charge in [-0.05, 0) is 101 Å². The molecular formula is C47H48BrN16O2+. The molecule has 4 aromatic carbocycles. The van der Waals surface area contributed by atoms with E-state index in [1.807, 2.05) is 77.8 Å². The number of nitrogen functional groups attached to an aromatic ring is 2. The van der Waals surface area contributed by atoms with Gasteiger partial charge in [0.05, 0.1) is 51.6 Å². The van der Waals surface area contributed by atoms with E-state index < -0.39 is 0 Å². The van der Waals surface area contributed by atoms with Crippen LogP contribution in [0.4, 0.5) is 17.6 Å². The van der Waals surface area contributed by atoms with Crippen molar-refractivity contribution in [1.29, 1.82) is 0 Å². The minimum atomic E-state index is -0.288. The number of methoxy groups -OCH3 is 1. The number of H-pyrrole nitrogens is 1. The number of nitrogens with zero attached hydrogens (tertiary/aromatic N) is 12. The van der Waals surface area contributed by atoms with Crippen molar-refractivity contribution >= 4 is 69.3 Å². The first-order valence-corrected chi connectivity index (χ1v) is 20.7. The normalized spacial score (nSPS) is 12.3. The van der Waals surface area contributed by atoms with Gasteiger partial charge in [-0.15, -0.1) is 27.4 Å². The lowest BCUT2D eigenvalue weighted by Gasteiger charge is -2.25. The summed E-state index contributed by atoms with van der Waals surface area (Å²) in [7, 11) is 1.57. The molecule has 0 radical (unpaired) electrons. The molecule has 0 spiro atoms. The largest absolute Gasteiger partial charge is 0.480 e. The van der Waals surface area contributed by atoms with E-state index in [-0.39, 0.29) is 45.5 Å². The number of fused-ring (bicyclic) bond motifs is 2. The standard InChI is InChI=1S/C24H24N8O.C23H22N8O.BrH/c1-24(2,3)32-20-10-9-15(17-12-27-23(25)30-22(17)33-4)11-18(20)29-21(32)16-7-5-6-8-19(16)31-14-26-13-28-31;1-23(2,3)31-19-9-8-14(16-11-26-22(24)29-21(16)32)10-17(19)28-20(31)15-6-4-5-7-18(15)30-13-25-12-27-30;/h5-14H,1-4H3,(H2,25,27,30);4-13H,1-3H3,(H3,24,26,29,32);1H/p+1. The summed E-state index contributed by atoms with van der Waals surface area (Å²) >= 11 is 0. The molecule has 6 N–H and O–H groups in total. The fourth-order valence-corrected chi connectivity index (χ4v) is 7.99. The minimum absolute atomic E-state index is 0. The van der Waals surface area contributed by atoms with Crippen LogP contribution in [0.25, 0.3) is 72.8 Å². The number of halogens is 1. The van der Waals surface area contributed by atoms with Gasteiger partial charge in [0.2, 0.25) is 11.8 Å². The second-order valence-corrected chi connectivity index (χ2v) is 17.2. The Hall–Kier alpha value is -8.15. The van der Waals surface area contributed by atoms with E-state index >= 15 is 0 Å². The van der Waals surface area contributed by atoms with Crippen LogP contribution in [0.2, 0.25) is 0 Å². The van der Waals surface area contributed by atoms with Crippen LogP contribution in [0, 0.1) is 0 Å². The van der Waals surface area contributed by atoms with Gasteiger partial charge in [-0.1, -0.05) is 36.4 Å². The van der Waals surface area contributed by atoms with Crippen LogP contribution >= 0.6 is 17.0 Å². The molecule has 9 aromatic rings. The van der Waals surface area contributed by atoms with Crippen LogP contribution in [0.5, 0.6) is 5.88 Å². The Morgan fingerprint density at radius 2 is 1.27 bits per heavy atom. The summed E-state index contributed by atoms with van der Waals surface area (Å²) < 4.78 is 15.8. The van der Waals surface area contributed by atoms with E-state index in [1.54, 1.807) is 37.0 Å². The zero-order chi connectivity index (χ0) is 45.6. The van der Waals surface area contributed by atoms with Crippen LogP contribution < -0.4 is 36.9 Å². The number of nitrogens with one attached hydrogen (secondary N) is 2. The summed E-state index contributed by atoms with van der Waals surface area (Å²) in [6, 6.07) is 28.0. The first-order chi connectivity index (χ1) is 31.2. The second-order valence-electron chi connectivity index (χ2n) is 17.2. The van der Waals surface area contributed by atoms with E-state index in [4.69, 9.17) is 26.2 Å². The first-order valence-electron chi connectivity index (χ1n) is 20.7. The molecule has 6 heterocycles. The van der Waals surface area contributed by atoms with Crippen molar-refractivity contribution in [1.82, 2.24) is 63.9 Å². The number of aromatic nitrogens is 11. The molecule has 0 unspecified atom stereocenters. The molecule has 0 atom stereocenters. The second kappa shape index (κ2) is 17.4. The van der Waals surface area contributed by atoms with Gasteiger partial charge in [-0.3, -0.25) is 9.78 Å². The van der Waals surface area contributed by atoms with Gasteiger partial charge in [-0.25, -0.2) is 34.3 Å². The van der Waals surface area contributed by atoms with Crippen molar-refractivity contribution in [3.63, 3.8) is 0 Å². The topological polar surface area (TPSA) is 229 Å². The average Bonchev–Trinajstić information content (AvgIpc) is 4.12. The van der Waals surface area contributed by atoms with E-state index in [0.717, 1.165) is 72.9 Å². The first kappa shape index (κ1) is 44.5. The maximum Gasteiger partial charge on any atom is 0.311 e. The number of nitrogens with two attached hydrogens (primary N) is 2. The summed E-state index contributed by atoms with van der Waals surface area (Å²) in [4.78, 5) is 41.5. The number of para-hydroxylation sites is 2. The Balaban J connectivity index is 0.000000177. The summed E-state index contributed by atoms with van der Waals surface area (Å²) in [5, 5.41) is 6.18. The highest BCUT2D eigenvalue weighted by Gasteiger charge is 2.29. The molecule has 1 aliphatic heterocycles. The number of ether oxygens (including phenoxy) is 1. The van der Waals surface area contributed by atoms with Crippen molar-refractivity contribution in [2.45, 2.75) is 52.6 Å². The molecule has 0 saturated carbocycles. The molecule has 10 rings (SSSR count). The van der Waals surface area contributed by atoms with Crippen molar-refractivity contribution in [3.05, 3.63) is 120 Å². The van der Waals surface area contributed by atoms with E-state index in [0.29, 0.717) is 11.4 Å². The maximum absolute atomic E-state index is 12.4. The number of imidazole rings is 2. The monoisotopic (exact) mass is 947 g/mol. The predicted octanol–water partition coefficient (Wildman–Crippen LogP) is 6.90. The maximum atomic E-state index is 12.4. The quantitative estimate of drug-likeness (QED) is 0.119. The Morgan fingerprint density at radius 3 is 1.82 bits per heavy atom. The molecule has 0 aliphatic carbocycles. The summed E-state index contributed by atoms with van der Waals surface area (Å²) in [6.07, 6.45) is 9.73. The molecule has 0 amide bonds. The van der Waals surface area contributed by atoms with Gasteiger partial charge < -0.3 is 25.3 Å². The van der Waals surface area contributed by atoms with E-state index in [1.165, 1.54) is 12.5 Å². The van der Waals surface area contributed by atoms with Gasteiger partial charge in [0.25, 0.3) is 5.56 Å². The minimum Gasteiger partial charge on any atom is -0.480 e. The summed E-state index contributed by atoms with van der Waals surface area (Å²) in [6.45, 7) is 12.9. The van der Waals surface area contributed by atoms with Gasteiger partial charge >= 0.3 is 12.7 Å². The smallest absolute Gasteiger partial charge is 0.311 e. The molecule has 5 aromatic heterocycles. The third-order valence-electron chi connectivity index (χ3n) is 10.7. The van der Waals surface area contributed by atoms with Crippen molar-refractivity contribution in [3.8, 4) is 56.6 Å². The lowest BCUT2D eigenvalue weighted by molar-refractivity contribution is 0.399. The summed E-state index contributed by atoms with van der Waals surface area (Å²) in [5.41, 5.74) is 23.9. The lowest BCUT2D eigenvalue weighted by atomic mass is 10.0. The Bertz CT molecular complexity index is 3370. The van der Waals surface area contributed by atoms with Crippen LogP contribution in [0.1, 0.15) is 41.5 Å². The third kappa shape index (κ3) is 8.35. The highest BCUT2D eigenvalue weighted by atomic mass is 79.9. The van der Waals surface area contributed by atoms with Gasteiger partial charge in [0.15, 0.2) is 5.95 Å². The van der Waals surface area contributed by atoms with Crippen LogP contribution in [0.3, 0.4) is 0 Å². The molecule has 0 saturated heterocycles. The fraction of sp³-hybridized carbons (Fsp3) is 0.191. The number of hydrazine groups is 1. The van der Waals surface area contributed by atoms with Gasteiger partial charge in [-0.2, -0.15) is 10.1 Å². The number of rotatable bonds is 7. The zero-order valence-corrected chi connectivity index (χ0v) is 39.0. The molecule has 0 fully saturated rings. The highest BCUT2D eigenvalue weighted by Crippen LogP contribution is 2.39. The number of aromatic amines is 1. The predicted molar refractivity (Wildman–Crippen MR) is 266 cm³/mol. The molecule has 1 aliphatic rings. The fourth-order valence-electron chi connectivity index (χ4n) is 7.99. The number of hydrogen-bond acceptors (Lipinski definition) is 13. The number of anilines is 3. The van der Waals surface area contributed by atoms with Crippen LogP contribution in [-0.4, -0.2) is 73.6 Å². The summed E-state index contributed by atoms with van der Waals surface area (Å²) in [5.74, 6) is 2.36. The molecule has 334 valence electrons. The Kier molecular flexibility index (Phi) is 11.7. The van der Waals surface area contributed by atoms with E-state index in [9.17, 15) is 4.79 Å². The van der Waals surface area contributed by atoms with Gasteiger partial charge in [0, 0.05) is 29.0 Å². The van der Waals surface area contributed by atoms with Gasteiger partial charge in [0.1, 0.15) is 30.0 Å². The van der Waals surface area contributed by atoms with Crippen molar-refractivity contribution in [2.75, 3.05) is 23.6 Å². The molecular weight excluding hydrogens is 901 g/mol. The zero-order valence-electron chi connectivity index (χ0n) is 37.3. The number of benzene rings is 4.